The van der Waals surface area contributed by atoms with E-state index in [1.165, 1.54) is 35.6 Å². The Morgan fingerprint density at radius 3 is 2.71 bits per heavy atom. The van der Waals surface area contributed by atoms with Crippen LogP contribution in [0, 0.1) is 0 Å². The largest absolute Gasteiger partial charge is 0.298 e. The van der Waals surface area contributed by atoms with Crippen LogP contribution in [0.2, 0.25) is 0 Å². The molecule has 2 aromatic rings. The summed E-state index contributed by atoms with van der Waals surface area (Å²) in [6.45, 7) is 0. The molecular formula is C15H16BrN. The zero-order valence-corrected chi connectivity index (χ0v) is 11.3. The second-order valence-electron chi connectivity index (χ2n) is 4.69. The molecule has 0 bridgehead atoms. The van der Waals surface area contributed by atoms with E-state index in [-0.39, 0.29) is 0 Å². The Bertz CT molecular complexity index is 518. The van der Waals surface area contributed by atoms with Crippen molar-refractivity contribution >= 4 is 26.7 Å². The Balaban J connectivity index is 2.04. The van der Waals surface area contributed by atoms with Gasteiger partial charge in [0.25, 0.3) is 0 Å². The number of fused-ring (bicyclic) bond motifs is 1. The predicted molar refractivity (Wildman–Crippen MR) is 76.4 cm³/mol. The molecular weight excluding hydrogens is 274 g/mol. The Morgan fingerprint density at radius 2 is 1.82 bits per heavy atom. The highest BCUT2D eigenvalue weighted by Crippen LogP contribution is 2.31. The number of benzene rings is 2. The van der Waals surface area contributed by atoms with Crippen LogP contribution in [0.15, 0.2) is 42.5 Å². The van der Waals surface area contributed by atoms with Gasteiger partial charge in [-0.15, -0.1) is 0 Å². The smallest absolute Gasteiger partial charge is 0.0635 e. The molecule has 0 aromatic heterocycles. The quantitative estimate of drug-likeness (QED) is 0.607. The van der Waals surface area contributed by atoms with Crippen LogP contribution >= 0.6 is 15.9 Å². The molecule has 0 spiro atoms. The third-order valence-corrected chi connectivity index (χ3v) is 4.25. The molecule has 17 heavy (non-hydrogen) atoms. The fourth-order valence-electron chi connectivity index (χ4n) is 2.69. The molecule has 2 heteroatoms. The second kappa shape index (κ2) is 4.79. The molecule has 1 saturated heterocycles. The van der Waals surface area contributed by atoms with Gasteiger partial charge in [-0.1, -0.05) is 58.4 Å². The first-order valence-electron chi connectivity index (χ1n) is 6.22. The molecule has 0 aliphatic carbocycles. The summed E-state index contributed by atoms with van der Waals surface area (Å²) in [5.41, 5.74) is 1.44. The Kier molecular flexibility index (Phi) is 3.17. The number of hydrogen-bond donors (Lipinski definition) is 1. The van der Waals surface area contributed by atoms with E-state index in [4.69, 9.17) is 0 Å². The average Bonchev–Trinajstić information content (AvgIpc) is 2.38. The summed E-state index contributed by atoms with van der Waals surface area (Å²) in [7, 11) is 0. The van der Waals surface area contributed by atoms with Crippen molar-refractivity contribution in [3.63, 3.8) is 0 Å². The average molecular weight is 290 g/mol. The molecule has 1 heterocycles. The Morgan fingerprint density at radius 1 is 1.00 bits per heavy atom. The van der Waals surface area contributed by atoms with Gasteiger partial charge in [0, 0.05) is 6.04 Å². The van der Waals surface area contributed by atoms with Gasteiger partial charge in [0.1, 0.15) is 0 Å². The molecule has 2 aromatic carbocycles. The van der Waals surface area contributed by atoms with Gasteiger partial charge < -0.3 is 0 Å². The lowest BCUT2D eigenvalue weighted by atomic mass is 9.93. The first kappa shape index (κ1) is 11.2. The molecule has 1 N–H and O–H groups in total. The van der Waals surface area contributed by atoms with Gasteiger partial charge in [0.05, 0.1) is 4.95 Å². The summed E-state index contributed by atoms with van der Waals surface area (Å²) in [4.78, 5) is 0.459. The van der Waals surface area contributed by atoms with Crippen LogP contribution in [0.1, 0.15) is 30.9 Å². The molecule has 1 aliphatic rings. The molecule has 1 aliphatic heterocycles. The number of nitrogens with one attached hydrogen (secondary N) is 1. The highest BCUT2D eigenvalue weighted by molar-refractivity contribution is 9.09. The van der Waals surface area contributed by atoms with Crippen LogP contribution < -0.4 is 5.32 Å². The SMILES string of the molecule is BrC1CCCC(c2cccc3ccccc23)N1. The molecule has 2 unspecified atom stereocenters. The maximum Gasteiger partial charge on any atom is 0.0635 e. The topological polar surface area (TPSA) is 12.0 Å². The van der Waals surface area contributed by atoms with Crippen molar-refractivity contribution in [3.05, 3.63) is 48.0 Å². The molecule has 0 radical (unpaired) electrons. The maximum atomic E-state index is 3.68. The monoisotopic (exact) mass is 289 g/mol. The van der Waals surface area contributed by atoms with Gasteiger partial charge in [-0.05, 0) is 35.6 Å². The first-order chi connectivity index (χ1) is 8.34. The zero-order chi connectivity index (χ0) is 11.7. The van der Waals surface area contributed by atoms with E-state index in [1.54, 1.807) is 0 Å². The van der Waals surface area contributed by atoms with Crippen molar-refractivity contribution in [2.75, 3.05) is 0 Å². The molecule has 0 amide bonds. The number of hydrogen-bond acceptors (Lipinski definition) is 1. The Hall–Kier alpha value is -0.860. The summed E-state index contributed by atoms with van der Waals surface area (Å²) in [5, 5.41) is 6.36. The molecule has 88 valence electrons. The van der Waals surface area contributed by atoms with E-state index in [9.17, 15) is 0 Å². The normalized spacial score (nSPS) is 25.0. The van der Waals surface area contributed by atoms with E-state index in [0.717, 1.165) is 0 Å². The standard InChI is InChI=1S/C15H16BrN/c16-15-10-4-9-14(17-15)13-8-3-6-11-5-1-2-7-12(11)13/h1-3,5-8,14-15,17H,4,9-10H2. The maximum absolute atomic E-state index is 3.68. The minimum atomic E-state index is 0.459. The van der Waals surface area contributed by atoms with Gasteiger partial charge in [-0.3, -0.25) is 5.32 Å². The minimum Gasteiger partial charge on any atom is -0.298 e. The Labute approximate surface area is 110 Å². The van der Waals surface area contributed by atoms with Crippen LogP contribution in [0.25, 0.3) is 10.8 Å². The van der Waals surface area contributed by atoms with Crippen molar-refractivity contribution in [1.29, 1.82) is 0 Å². The summed E-state index contributed by atoms with van der Waals surface area (Å²) < 4.78 is 0. The van der Waals surface area contributed by atoms with E-state index in [2.05, 4.69) is 63.7 Å². The molecule has 1 nitrogen and oxygen atoms in total. The molecule has 2 atom stereocenters. The van der Waals surface area contributed by atoms with E-state index < -0.39 is 0 Å². The number of piperidine rings is 1. The second-order valence-corrected chi connectivity index (χ2v) is 5.79. The summed E-state index contributed by atoms with van der Waals surface area (Å²) >= 11 is 3.68. The van der Waals surface area contributed by atoms with E-state index in [0.29, 0.717) is 11.0 Å². The van der Waals surface area contributed by atoms with Crippen LogP contribution in [0.4, 0.5) is 0 Å². The highest BCUT2D eigenvalue weighted by Gasteiger charge is 2.21. The van der Waals surface area contributed by atoms with Gasteiger partial charge in [0.15, 0.2) is 0 Å². The fraction of sp³-hybridized carbons (Fsp3) is 0.333. The summed E-state index contributed by atoms with van der Waals surface area (Å²) in [5.74, 6) is 0. The van der Waals surface area contributed by atoms with Crippen LogP contribution in [0.5, 0.6) is 0 Å². The van der Waals surface area contributed by atoms with E-state index >= 15 is 0 Å². The predicted octanol–water partition coefficient (Wildman–Crippen LogP) is 4.38. The first-order valence-corrected chi connectivity index (χ1v) is 7.14. The summed E-state index contributed by atoms with van der Waals surface area (Å²) in [6, 6.07) is 15.7. The lowest BCUT2D eigenvalue weighted by Crippen LogP contribution is -2.32. The lowest BCUT2D eigenvalue weighted by Gasteiger charge is -2.28. The van der Waals surface area contributed by atoms with Crippen molar-refractivity contribution in [2.45, 2.75) is 30.3 Å². The van der Waals surface area contributed by atoms with E-state index in [1.807, 2.05) is 0 Å². The van der Waals surface area contributed by atoms with Crippen LogP contribution in [-0.4, -0.2) is 4.95 Å². The number of rotatable bonds is 1. The summed E-state index contributed by atoms with van der Waals surface area (Å²) in [6.07, 6.45) is 3.74. The van der Waals surface area contributed by atoms with Crippen molar-refractivity contribution in [1.82, 2.24) is 5.32 Å². The molecule has 0 saturated carbocycles. The fourth-order valence-corrected chi connectivity index (χ4v) is 3.33. The lowest BCUT2D eigenvalue weighted by molar-refractivity contribution is 0.397. The van der Waals surface area contributed by atoms with Crippen molar-refractivity contribution in [3.8, 4) is 0 Å². The third-order valence-electron chi connectivity index (χ3n) is 3.53. The van der Waals surface area contributed by atoms with Crippen LogP contribution in [-0.2, 0) is 0 Å². The minimum absolute atomic E-state index is 0.459. The zero-order valence-electron chi connectivity index (χ0n) is 9.70. The highest BCUT2D eigenvalue weighted by atomic mass is 79.9. The van der Waals surface area contributed by atoms with Gasteiger partial charge in [0.2, 0.25) is 0 Å². The number of halogens is 1. The van der Waals surface area contributed by atoms with Gasteiger partial charge in [-0.2, -0.15) is 0 Å². The van der Waals surface area contributed by atoms with Crippen molar-refractivity contribution < 1.29 is 0 Å². The van der Waals surface area contributed by atoms with Gasteiger partial charge >= 0.3 is 0 Å². The van der Waals surface area contributed by atoms with Gasteiger partial charge in [-0.25, -0.2) is 0 Å². The molecule has 1 fully saturated rings. The molecule has 3 rings (SSSR count). The number of alkyl halides is 1. The van der Waals surface area contributed by atoms with Crippen molar-refractivity contribution in [2.24, 2.45) is 0 Å². The third kappa shape index (κ3) is 2.24. The van der Waals surface area contributed by atoms with Crippen LogP contribution in [0.3, 0.4) is 0 Å².